The third-order valence-corrected chi connectivity index (χ3v) is 5.35. The number of rotatable bonds is 2. The van der Waals surface area contributed by atoms with Crippen molar-refractivity contribution in [3.05, 3.63) is 33.6 Å². The third kappa shape index (κ3) is 2.69. The fourth-order valence-electron chi connectivity index (χ4n) is 2.22. The van der Waals surface area contributed by atoms with Gasteiger partial charge in [-0.05, 0) is 19.1 Å². The van der Waals surface area contributed by atoms with Gasteiger partial charge in [-0.2, -0.15) is 0 Å². The Balaban J connectivity index is 1.95. The van der Waals surface area contributed by atoms with E-state index in [4.69, 9.17) is 0 Å². The van der Waals surface area contributed by atoms with E-state index < -0.39 is 0 Å². The number of hydrogen-bond acceptors (Lipinski definition) is 3. The van der Waals surface area contributed by atoms with Crippen molar-refractivity contribution >= 4 is 54.2 Å². The van der Waals surface area contributed by atoms with E-state index in [0.717, 1.165) is 25.7 Å². The van der Waals surface area contributed by atoms with Gasteiger partial charge in [-0.1, -0.05) is 44.0 Å². The minimum atomic E-state index is 0.142. The zero-order valence-electron chi connectivity index (χ0n) is 10.8. The standard InChI is InChI=1S/C14H12Br2N2OS/c1-8-13(9-2-4-10(15)5-3-9)17-14(20-8)18-7-11(16)6-12(18)19/h2-5,11H,6-7H2,1H3. The lowest BCUT2D eigenvalue weighted by Crippen LogP contribution is -2.24. The number of benzene rings is 1. The van der Waals surface area contributed by atoms with E-state index in [1.165, 1.54) is 0 Å². The molecule has 1 aromatic carbocycles. The van der Waals surface area contributed by atoms with Crippen molar-refractivity contribution in [1.29, 1.82) is 0 Å². The monoisotopic (exact) mass is 414 g/mol. The van der Waals surface area contributed by atoms with E-state index in [1.54, 1.807) is 16.2 Å². The lowest BCUT2D eigenvalue weighted by atomic mass is 10.1. The van der Waals surface area contributed by atoms with E-state index in [-0.39, 0.29) is 10.7 Å². The molecule has 1 unspecified atom stereocenters. The quantitative estimate of drug-likeness (QED) is 0.681. The number of nitrogens with zero attached hydrogens (tertiary/aromatic N) is 2. The van der Waals surface area contributed by atoms with Gasteiger partial charge in [-0.25, -0.2) is 4.98 Å². The summed E-state index contributed by atoms with van der Waals surface area (Å²) >= 11 is 8.52. The summed E-state index contributed by atoms with van der Waals surface area (Å²) < 4.78 is 1.05. The van der Waals surface area contributed by atoms with Gasteiger partial charge in [-0.3, -0.25) is 9.69 Å². The number of carbonyl (C=O) groups excluding carboxylic acids is 1. The second-order valence-electron chi connectivity index (χ2n) is 4.71. The van der Waals surface area contributed by atoms with Gasteiger partial charge in [0, 0.05) is 32.7 Å². The minimum Gasteiger partial charge on any atom is -0.287 e. The third-order valence-electron chi connectivity index (χ3n) is 3.21. The molecule has 0 aliphatic carbocycles. The number of anilines is 1. The molecular formula is C14H12Br2N2OS. The van der Waals surface area contributed by atoms with Crippen LogP contribution in [0.25, 0.3) is 11.3 Å². The highest BCUT2D eigenvalue weighted by molar-refractivity contribution is 9.10. The number of aromatic nitrogens is 1. The normalized spacial score (nSPS) is 18.9. The van der Waals surface area contributed by atoms with Crippen molar-refractivity contribution in [2.24, 2.45) is 0 Å². The van der Waals surface area contributed by atoms with Crippen molar-refractivity contribution in [2.75, 3.05) is 11.4 Å². The van der Waals surface area contributed by atoms with Gasteiger partial charge in [0.25, 0.3) is 0 Å². The van der Waals surface area contributed by atoms with Gasteiger partial charge in [-0.15, -0.1) is 11.3 Å². The number of thiazole rings is 1. The molecule has 1 aromatic heterocycles. The van der Waals surface area contributed by atoms with Crippen LogP contribution in [0, 0.1) is 6.92 Å². The van der Waals surface area contributed by atoms with Crippen LogP contribution in [0.2, 0.25) is 0 Å². The van der Waals surface area contributed by atoms with Crippen LogP contribution in [-0.4, -0.2) is 22.3 Å². The molecule has 1 aliphatic heterocycles. The van der Waals surface area contributed by atoms with E-state index in [0.29, 0.717) is 13.0 Å². The van der Waals surface area contributed by atoms with Crippen molar-refractivity contribution < 1.29 is 4.79 Å². The molecule has 0 N–H and O–H groups in total. The SMILES string of the molecule is Cc1sc(N2CC(Br)CC2=O)nc1-c1ccc(Br)cc1. The molecule has 3 nitrogen and oxygen atoms in total. The summed E-state index contributed by atoms with van der Waals surface area (Å²) in [7, 11) is 0. The number of hydrogen-bond donors (Lipinski definition) is 0. The Morgan fingerprint density at radius 2 is 2.05 bits per heavy atom. The number of aryl methyl sites for hydroxylation is 1. The molecule has 1 saturated heterocycles. The summed E-state index contributed by atoms with van der Waals surface area (Å²) in [5.41, 5.74) is 2.04. The Hall–Kier alpha value is -0.720. The number of carbonyl (C=O) groups is 1. The molecule has 3 rings (SSSR count). The second-order valence-corrected chi connectivity index (χ2v) is 8.11. The molecule has 1 fully saturated rings. The number of amides is 1. The number of halogens is 2. The van der Waals surface area contributed by atoms with Crippen LogP contribution in [0.5, 0.6) is 0 Å². The first-order valence-electron chi connectivity index (χ1n) is 6.22. The summed E-state index contributed by atoms with van der Waals surface area (Å²) in [6.07, 6.45) is 0.548. The van der Waals surface area contributed by atoms with Gasteiger partial charge in [0.1, 0.15) is 0 Å². The maximum absolute atomic E-state index is 11.9. The fraction of sp³-hybridized carbons (Fsp3) is 0.286. The van der Waals surface area contributed by atoms with Crippen LogP contribution in [0.15, 0.2) is 28.7 Å². The minimum absolute atomic E-state index is 0.142. The highest BCUT2D eigenvalue weighted by Crippen LogP contribution is 2.35. The summed E-state index contributed by atoms with van der Waals surface area (Å²) in [4.78, 5) is 19.7. The Morgan fingerprint density at radius 1 is 1.35 bits per heavy atom. The van der Waals surface area contributed by atoms with Crippen LogP contribution in [0.1, 0.15) is 11.3 Å². The van der Waals surface area contributed by atoms with Gasteiger partial charge < -0.3 is 0 Å². The Bertz CT molecular complexity index is 654. The van der Waals surface area contributed by atoms with Crippen LogP contribution in [0.4, 0.5) is 5.13 Å². The average Bonchev–Trinajstić information content (AvgIpc) is 2.93. The highest BCUT2D eigenvalue weighted by atomic mass is 79.9. The Kier molecular flexibility index (Phi) is 3.97. The second kappa shape index (κ2) is 5.58. The van der Waals surface area contributed by atoms with Gasteiger partial charge in [0.05, 0.1) is 5.69 Å². The Morgan fingerprint density at radius 3 is 2.65 bits per heavy atom. The molecular weight excluding hydrogens is 404 g/mol. The van der Waals surface area contributed by atoms with Crippen molar-refractivity contribution in [1.82, 2.24) is 4.98 Å². The maximum Gasteiger partial charge on any atom is 0.230 e. The number of alkyl halides is 1. The first kappa shape index (κ1) is 14.2. The molecule has 1 amide bonds. The van der Waals surface area contributed by atoms with E-state index >= 15 is 0 Å². The van der Waals surface area contributed by atoms with Gasteiger partial charge >= 0.3 is 0 Å². The Labute approximate surface area is 138 Å². The van der Waals surface area contributed by atoms with Crippen molar-refractivity contribution in [3.8, 4) is 11.3 Å². The topological polar surface area (TPSA) is 33.2 Å². The summed E-state index contributed by atoms with van der Waals surface area (Å²) in [5.74, 6) is 0.142. The molecule has 0 bridgehead atoms. The lowest BCUT2D eigenvalue weighted by molar-refractivity contribution is -0.117. The van der Waals surface area contributed by atoms with Gasteiger partial charge in [0.15, 0.2) is 5.13 Å². The van der Waals surface area contributed by atoms with E-state index in [1.807, 2.05) is 31.2 Å². The molecule has 20 heavy (non-hydrogen) atoms. The molecule has 0 radical (unpaired) electrons. The summed E-state index contributed by atoms with van der Waals surface area (Å²) in [5, 5.41) is 0.798. The smallest absolute Gasteiger partial charge is 0.230 e. The molecule has 2 aromatic rings. The van der Waals surface area contributed by atoms with Crippen LogP contribution in [-0.2, 0) is 4.79 Å². The fourth-order valence-corrected chi connectivity index (χ4v) is 4.01. The van der Waals surface area contributed by atoms with Crippen LogP contribution >= 0.6 is 43.2 Å². The molecule has 0 saturated carbocycles. The first-order valence-corrected chi connectivity index (χ1v) is 8.75. The largest absolute Gasteiger partial charge is 0.287 e. The van der Waals surface area contributed by atoms with E-state index in [9.17, 15) is 4.79 Å². The molecule has 2 heterocycles. The molecule has 1 atom stereocenters. The van der Waals surface area contributed by atoms with Gasteiger partial charge in [0.2, 0.25) is 5.91 Å². The van der Waals surface area contributed by atoms with Crippen LogP contribution in [0.3, 0.4) is 0 Å². The molecule has 0 spiro atoms. The molecule has 6 heteroatoms. The van der Waals surface area contributed by atoms with Crippen molar-refractivity contribution in [3.63, 3.8) is 0 Å². The zero-order chi connectivity index (χ0) is 14.3. The predicted molar refractivity (Wildman–Crippen MR) is 89.7 cm³/mol. The maximum atomic E-state index is 11.9. The highest BCUT2D eigenvalue weighted by Gasteiger charge is 2.31. The summed E-state index contributed by atoms with van der Waals surface area (Å²) in [6, 6.07) is 8.08. The lowest BCUT2D eigenvalue weighted by Gasteiger charge is -2.10. The summed E-state index contributed by atoms with van der Waals surface area (Å²) in [6.45, 7) is 2.75. The predicted octanol–water partition coefficient (Wildman–Crippen LogP) is 4.38. The zero-order valence-corrected chi connectivity index (χ0v) is 14.8. The van der Waals surface area contributed by atoms with E-state index in [2.05, 4.69) is 36.8 Å². The molecule has 104 valence electrons. The first-order chi connectivity index (χ1) is 9.54. The van der Waals surface area contributed by atoms with Crippen molar-refractivity contribution in [2.45, 2.75) is 18.2 Å². The van der Waals surface area contributed by atoms with Crippen LogP contribution < -0.4 is 4.90 Å². The molecule has 1 aliphatic rings. The average molecular weight is 416 g/mol.